The number of rotatable bonds is 6. The second-order valence-corrected chi connectivity index (χ2v) is 7.10. The van der Waals surface area contributed by atoms with Gasteiger partial charge in [0.15, 0.2) is 0 Å². The molecule has 132 valence electrons. The molecule has 2 heterocycles. The van der Waals surface area contributed by atoms with E-state index >= 15 is 0 Å². The van der Waals surface area contributed by atoms with Crippen LogP contribution in [0.2, 0.25) is 0 Å². The van der Waals surface area contributed by atoms with E-state index in [1.54, 1.807) is 18.5 Å². The Balaban J connectivity index is 1.51. The van der Waals surface area contributed by atoms with Gasteiger partial charge in [0, 0.05) is 32.0 Å². The molecule has 24 heavy (non-hydrogen) atoms. The normalized spacial score (nSPS) is 23.3. The number of anilines is 1. The van der Waals surface area contributed by atoms with E-state index in [0.717, 1.165) is 32.0 Å². The number of aromatic nitrogens is 2. The maximum atomic E-state index is 11.9. The first-order valence-corrected chi connectivity index (χ1v) is 9.29. The monoisotopic (exact) mass is 331 g/mol. The third kappa shape index (κ3) is 4.44. The lowest BCUT2D eigenvalue weighted by Crippen LogP contribution is -2.58. The van der Waals surface area contributed by atoms with Crippen LogP contribution in [0.15, 0.2) is 18.5 Å². The van der Waals surface area contributed by atoms with Crippen molar-refractivity contribution in [3.8, 4) is 0 Å². The molecule has 2 N–H and O–H groups in total. The first-order valence-electron chi connectivity index (χ1n) is 9.29. The van der Waals surface area contributed by atoms with Crippen molar-refractivity contribution in [1.82, 2.24) is 14.9 Å². The molecule has 3 rings (SSSR count). The van der Waals surface area contributed by atoms with Gasteiger partial charge in [-0.3, -0.25) is 9.69 Å². The van der Waals surface area contributed by atoms with Crippen molar-refractivity contribution in [1.29, 1.82) is 0 Å². The second-order valence-electron chi connectivity index (χ2n) is 7.10. The summed E-state index contributed by atoms with van der Waals surface area (Å²) in [5.41, 5.74) is 5.66. The Kier molecular flexibility index (Phi) is 6.01. The van der Waals surface area contributed by atoms with E-state index < -0.39 is 0 Å². The van der Waals surface area contributed by atoms with E-state index in [0.29, 0.717) is 12.5 Å². The van der Waals surface area contributed by atoms with Crippen molar-refractivity contribution in [2.45, 2.75) is 51.0 Å². The first kappa shape index (κ1) is 17.1. The molecular formula is C18H29N5O. The SMILES string of the molecule is NC(=O)C1CN(c2ncccn2)CCN1CCCC1CCCCC1. The number of hydrogen-bond acceptors (Lipinski definition) is 5. The predicted octanol–water partition coefficient (Wildman–Crippen LogP) is 1.81. The second kappa shape index (κ2) is 8.42. The average molecular weight is 331 g/mol. The molecule has 0 radical (unpaired) electrons. The fraction of sp³-hybridized carbons (Fsp3) is 0.722. The molecule has 6 nitrogen and oxygen atoms in total. The lowest BCUT2D eigenvalue weighted by atomic mass is 9.86. The summed E-state index contributed by atoms with van der Waals surface area (Å²) in [6.45, 7) is 3.24. The van der Waals surface area contributed by atoms with E-state index in [2.05, 4.69) is 19.8 Å². The molecule has 2 fully saturated rings. The minimum absolute atomic E-state index is 0.242. The molecule has 1 saturated carbocycles. The standard InChI is InChI=1S/C18H29N5O/c19-17(24)16-14-23(18-20-9-5-10-21-18)13-12-22(16)11-4-8-15-6-2-1-3-7-15/h5,9-10,15-16H,1-4,6-8,11-14H2,(H2,19,24). The molecule has 0 bridgehead atoms. The summed E-state index contributed by atoms with van der Waals surface area (Å²) in [5, 5.41) is 0. The summed E-state index contributed by atoms with van der Waals surface area (Å²) in [6.07, 6.45) is 12.9. The van der Waals surface area contributed by atoms with Gasteiger partial charge in [-0.1, -0.05) is 32.1 Å². The molecule has 0 spiro atoms. The summed E-state index contributed by atoms with van der Waals surface area (Å²) >= 11 is 0. The van der Waals surface area contributed by atoms with Crippen molar-refractivity contribution in [3.05, 3.63) is 18.5 Å². The Morgan fingerprint density at radius 3 is 2.62 bits per heavy atom. The quantitative estimate of drug-likeness (QED) is 0.860. The highest BCUT2D eigenvalue weighted by Crippen LogP contribution is 2.27. The van der Waals surface area contributed by atoms with Crippen LogP contribution in [0.4, 0.5) is 5.95 Å². The van der Waals surface area contributed by atoms with Gasteiger partial charge in [-0.05, 0) is 31.4 Å². The molecule has 1 aromatic heterocycles. The predicted molar refractivity (Wildman–Crippen MR) is 94.6 cm³/mol. The molecular weight excluding hydrogens is 302 g/mol. The third-order valence-corrected chi connectivity index (χ3v) is 5.44. The van der Waals surface area contributed by atoms with Gasteiger partial charge in [-0.2, -0.15) is 0 Å². The zero-order chi connectivity index (χ0) is 16.8. The number of amides is 1. The van der Waals surface area contributed by atoms with Crippen molar-refractivity contribution in [2.24, 2.45) is 11.7 Å². The third-order valence-electron chi connectivity index (χ3n) is 5.44. The molecule has 6 heteroatoms. The van der Waals surface area contributed by atoms with Crippen LogP contribution in [-0.4, -0.2) is 53.0 Å². The topological polar surface area (TPSA) is 75.4 Å². The highest BCUT2D eigenvalue weighted by molar-refractivity contribution is 5.80. The van der Waals surface area contributed by atoms with E-state index in [1.807, 2.05) is 0 Å². The van der Waals surface area contributed by atoms with Crippen LogP contribution in [0.3, 0.4) is 0 Å². The maximum absolute atomic E-state index is 11.9. The van der Waals surface area contributed by atoms with Crippen LogP contribution >= 0.6 is 0 Å². The molecule has 1 unspecified atom stereocenters. The van der Waals surface area contributed by atoms with Gasteiger partial charge in [0.05, 0.1) is 0 Å². The number of primary amides is 1. The van der Waals surface area contributed by atoms with Gasteiger partial charge in [-0.25, -0.2) is 9.97 Å². The van der Waals surface area contributed by atoms with Gasteiger partial charge in [0.1, 0.15) is 6.04 Å². The molecule has 1 aliphatic carbocycles. The van der Waals surface area contributed by atoms with Crippen molar-refractivity contribution in [2.75, 3.05) is 31.1 Å². The first-order chi connectivity index (χ1) is 11.7. The molecule has 1 amide bonds. The average Bonchev–Trinajstić information content (AvgIpc) is 2.63. The van der Waals surface area contributed by atoms with Gasteiger partial charge < -0.3 is 10.6 Å². The fourth-order valence-electron chi connectivity index (χ4n) is 4.05. The zero-order valence-electron chi connectivity index (χ0n) is 14.4. The largest absolute Gasteiger partial charge is 0.368 e. The van der Waals surface area contributed by atoms with Gasteiger partial charge in [0.2, 0.25) is 11.9 Å². The number of carbonyl (C=O) groups excluding carboxylic acids is 1. The Morgan fingerprint density at radius 2 is 1.92 bits per heavy atom. The number of carbonyl (C=O) groups is 1. The van der Waals surface area contributed by atoms with Crippen LogP contribution in [-0.2, 0) is 4.79 Å². The number of nitrogens with two attached hydrogens (primary N) is 1. The van der Waals surface area contributed by atoms with E-state index in [1.165, 1.54) is 38.5 Å². The Morgan fingerprint density at radius 1 is 1.17 bits per heavy atom. The minimum Gasteiger partial charge on any atom is -0.368 e. The summed E-state index contributed by atoms with van der Waals surface area (Å²) in [5.74, 6) is 1.34. The summed E-state index contributed by atoms with van der Waals surface area (Å²) in [6, 6.07) is 1.56. The highest BCUT2D eigenvalue weighted by Gasteiger charge is 2.31. The lowest BCUT2D eigenvalue weighted by Gasteiger charge is -2.40. The summed E-state index contributed by atoms with van der Waals surface area (Å²) in [7, 11) is 0. The summed E-state index contributed by atoms with van der Waals surface area (Å²) in [4.78, 5) is 24.8. The van der Waals surface area contributed by atoms with E-state index in [4.69, 9.17) is 5.73 Å². The van der Waals surface area contributed by atoms with Gasteiger partial charge in [-0.15, -0.1) is 0 Å². The number of nitrogens with zero attached hydrogens (tertiary/aromatic N) is 4. The van der Waals surface area contributed by atoms with Crippen LogP contribution in [0.1, 0.15) is 44.9 Å². The van der Waals surface area contributed by atoms with Gasteiger partial charge in [0.25, 0.3) is 0 Å². The Bertz CT molecular complexity index is 517. The van der Waals surface area contributed by atoms with Gasteiger partial charge >= 0.3 is 0 Å². The summed E-state index contributed by atoms with van der Waals surface area (Å²) < 4.78 is 0. The maximum Gasteiger partial charge on any atom is 0.236 e. The molecule has 0 aromatic carbocycles. The molecule has 1 saturated heterocycles. The zero-order valence-corrected chi connectivity index (χ0v) is 14.4. The number of hydrogen-bond donors (Lipinski definition) is 1. The van der Waals surface area contributed by atoms with E-state index in [-0.39, 0.29) is 11.9 Å². The van der Waals surface area contributed by atoms with Crippen molar-refractivity contribution in [3.63, 3.8) is 0 Å². The van der Waals surface area contributed by atoms with Crippen LogP contribution in [0.25, 0.3) is 0 Å². The molecule has 1 atom stereocenters. The number of piperazine rings is 1. The molecule has 2 aliphatic rings. The van der Waals surface area contributed by atoms with E-state index in [9.17, 15) is 4.79 Å². The lowest BCUT2D eigenvalue weighted by molar-refractivity contribution is -0.123. The van der Waals surface area contributed by atoms with Crippen LogP contribution < -0.4 is 10.6 Å². The smallest absolute Gasteiger partial charge is 0.236 e. The molecule has 1 aliphatic heterocycles. The Labute approximate surface area is 144 Å². The van der Waals surface area contributed by atoms with Crippen molar-refractivity contribution >= 4 is 11.9 Å². The Hall–Kier alpha value is -1.69. The fourth-order valence-corrected chi connectivity index (χ4v) is 4.05. The molecule has 1 aromatic rings. The highest BCUT2D eigenvalue weighted by atomic mass is 16.1. The van der Waals surface area contributed by atoms with Crippen LogP contribution in [0, 0.1) is 5.92 Å². The van der Waals surface area contributed by atoms with Crippen molar-refractivity contribution < 1.29 is 4.79 Å². The van der Waals surface area contributed by atoms with Crippen LogP contribution in [0.5, 0.6) is 0 Å². The minimum atomic E-state index is -0.242.